The lowest BCUT2D eigenvalue weighted by Gasteiger charge is -2.34. The maximum Gasteiger partial charge on any atom is 0.264 e. The van der Waals surface area contributed by atoms with Gasteiger partial charge in [0.2, 0.25) is 11.8 Å². The van der Waals surface area contributed by atoms with Crippen molar-refractivity contribution in [2.45, 2.75) is 49.1 Å². The van der Waals surface area contributed by atoms with Crippen LogP contribution in [0, 0.1) is 0 Å². The minimum absolute atomic E-state index is 0.0239. The zero-order valence-corrected chi connectivity index (χ0v) is 30.2. The van der Waals surface area contributed by atoms with Crippen molar-refractivity contribution in [1.29, 1.82) is 0 Å². The molecule has 0 aliphatic heterocycles. The Kier molecular flexibility index (Phi) is 13.6. The summed E-state index contributed by atoms with van der Waals surface area (Å²) >= 11 is 14.2. The molecular weight excluding hydrogens is 689 g/mol. The number of amides is 2. The third kappa shape index (κ3) is 9.69. The third-order valence-corrected chi connectivity index (χ3v) is 10.7. The average molecular weight is 729 g/mol. The first-order valence-corrected chi connectivity index (χ1v) is 18.9. The van der Waals surface area contributed by atoms with Crippen LogP contribution in [0.2, 0.25) is 10.0 Å². The summed E-state index contributed by atoms with van der Waals surface area (Å²) in [6.07, 6.45) is 2.79. The van der Waals surface area contributed by atoms with Gasteiger partial charge in [-0.15, -0.1) is 11.8 Å². The van der Waals surface area contributed by atoms with Crippen LogP contribution in [0.25, 0.3) is 0 Å². The molecule has 12 heteroatoms. The Balaban J connectivity index is 1.81. The van der Waals surface area contributed by atoms with E-state index in [1.807, 2.05) is 50.4 Å². The zero-order valence-electron chi connectivity index (χ0n) is 27.1. The summed E-state index contributed by atoms with van der Waals surface area (Å²) < 4.78 is 35.2. The van der Waals surface area contributed by atoms with Gasteiger partial charge in [0.05, 0.1) is 17.2 Å². The molecule has 0 aromatic heterocycles. The number of halogens is 2. The zero-order chi connectivity index (χ0) is 34.7. The summed E-state index contributed by atoms with van der Waals surface area (Å²) in [6.45, 7) is 3.99. The van der Waals surface area contributed by atoms with E-state index >= 15 is 0 Å². The van der Waals surface area contributed by atoms with Gasteiger partial charge in [0, 0.05) is 34.5 Å². The Morgan fingerprint density at radius 3 is 2.21 bits per heavy atom. The molecule has 2 amide bonds. The van der Waals surface area contributed by atoms with Crippen molar-refractivity contribution in [3.05, 3.63) is 118 Å². The second-order valence-electron chi connectivity index (χ2n) is 10.9. The molecule has 4 aromatic carbocycles. The van der Waals surface area contributed by atoms with Crippen molar-refractivity contribution >= 4 is 62.5 Å². The minimum Gasteiger partial charge on any atom is -0.494 e. The fourth-order valence-corrected chi connectivity index (χ4v) is 7.32. The summed E-state index contributed by atoms with van der Waals surface area (Å²) in [5.41, 5.74) is 1.65. The third-order valence-electron chi connectivity index (χ3n) is 7.54. The lowest BCUT2D eigenvalue weighted by Crippen LogP contribution is -2.53. The molecule has 4 aromatic rings. The SMILES string of the molecule is CCCNC(=O)[C@@H](Cc1ccccc1)N(Cc1ccc(Cl)cc1Cl)C(=O)CN(c1ccc(OCC)cc1)S(=O)(=O)c1ccc(SC)cc1. The highest BCUT2D eigenvalue weighted by molar-refractivity contribution is 7.98. The number of rotatable bonds is 16. The van der Waals surface area contributed by atoms with E-state index < -0.39 is 28.5 Å². The second-order valence-corrected chi connectivity index (χ2v) is 14.5. The van der Waals surface area contributed by atoms with Crippen LogP contribution in [-0.2, 0) is 32.6 Å². The molecule has 0 saturated heterocycles. The van der Waals surface area contributed by atoms with Crippen molar-refractivity contribution in [2.24, 2.45) is 0 Å². The molecule has 0 spiro atoms. The normalized spacial score (nSPS) is 11.9. The predicted molar refractivity (Wildman–Crippen MR) is 195 cm³/mol. The van der Waals surface area contributed by atoms with Crippen LogP contribution in [-0.4, -0.2) is 57.1 Å². The van der Waals surface area contributed by atoms with Crippen LogP contribution in [0.3, 0.4) is 0 Å². The van der Waals surface area contributed by atoms with Gasteiger partial charge >= 0.3 is 0 Å². The molecule has 0 saturated carbocycles. The summed E-state index contributed by atoms with van der Waals surface area (Å²) in [7, 11) is -4.25. The summed E-state index contributed by atoms with van der Waals surface area (Å²) in [5.74, 6) is -0.391. The molecule has 254 valence electrons. The molecule has 1 atom stereocenters. The van der Waals surface area contributed by atoms with Gasteiger partial charge in [-0.25, -0.2) is 8.42 Å². The van der Waals surface area contributed by atoms with Gasteiger partial charge in [-0.3, -0.25) is 13.9 Å². The number of benzene rings is 4. The molecule has 0 aliphatic carbocycles. The Hall–Kier alpha value is -3.70. The molecule has 8 nitrogen and oxygen atoms in total. The maximum absolute atomic E-state index is 14.6. The van der Waals surface area contributed by atoms with Crippen LogP contribution >= 0.6 is 35.0 Å². The van der Waals surface area contributed by atoms with E-state index in [9.17, 15) is 18.0 Å². The van der Waals surface area contributed by atoms with E-state index in [1.165, 1.54) is 28.8 Å². The van der Waals surface area contributed by atoms with E-state index in [0.717, 1.165) is 14.8 Å². The Morgan fingerprint density at radius 2 is 1.60 bits per heavy atom. The summed E-state index contributed by atoms with van der Waals surface area (Å²) in [5, 5.41) is 3.67. The number of hydrogen-bond acceptors (Lipinski definition) is 6. The van der Waals surface area contributed by atoms with Crippen LogP contribution in [0.5, 0.6) is 5.75 Å². The molecule has 0 radical (unpaired) electrons. The number of carbonyl (C=O) groups excluding carboxylic acids is 2. The quantitative estimate of drug-likeness (QED) is 0.120. The number of carbonyl (C=O) groups is 2. The minimum atomic E-state index is -4.25. The fraction of sp³-hybridized carbons (Fsp3) is 0.278. The van der Waals surface area contributed by atoms with E-state index in [2.05, 4.69) is 5.32 Å². The number of ether oxygens (including phenoxy) is 1. The topological polar surface area (TPSA) is 96.0 Å². The van der Waals surface area contributed by atoms with Crippen LogP contribution < -0.4 is 14.4 Å². The molecule has 48 heavy (non-hydrogen) atoms. The van der Waals surface area contributed by atoms with Crippen LogP contribution in [0.4, 0.5) is 5.69 Å². The molecule has 1 N–H and O–H groups in total. The number of anilines is 1. The highest BCUT2D eigenvalue weighted by Crippen LogP contribution is 2.29. The molecule has 0 aliphatic rings. The molecule has 0 unspecified atom stereocenters. The maximum atomic E-state index is 14.6. The Bertz CT molecular complexity index is 1770. The first-order valence-electron chi connectivity index (χ1n) is 15.5. The van der Waals surface area contributed by atoms with E-state index in [0.29, 0.717) is 40.9 Å². The van der Waals surface area contributed by atoms with Crippen molar-refractivity contribution < 1.29 is 22.7 Å². The Labute approximate surface area is 297 Å². The number of sulfonamides is 1. The van der Waals surface area contributed by atoms with Crippen molar-refractivity contribution in [3.63, 3.8) is 0 Å². The molecular formula is C36H39Cl2N3O5S2. The standard InChI is InChI=1S/C36H39Cl2N3O5S2/c1-4-21-39-36(43)34(22-26-9-7-6-8-10-26)40(24-27-11-12-28(37)23-33(27)38)35(42)25-41(29-13-15-30(16-14-29)46-5-2)48(44,45)32-19-17-31(47-3)18-20-32/h6-20,23,34H,4-5,21-22,24-25H2,1-3H3,(H,39,43)/t34-/m1/s1. The van der Waals surface area contributed by atoms with Gasteiger partial charge in [0.15, 0.2) is 0 Å². The number of nitrogens with one attached hydrogen (secondary N) is 1. The van der Waals surface area contributed by atoms with Gasteiger partial charge in [0.1, 0.15) is 18.3 Å². The van der Waals surface area contributed by atoms with E-state index in [4.69, 9.17) is 27.9 Å². The van der Waals surface area contributed by atoms with Crippen molar-refractivity contribution in [3.8, 4) is 5.75 Å². The molecule has 0 fully saturated rings. The monoisotopic (exact) mass is 727 g/mol. The largest absolute Gasteiger partial charge is 0.494 e. The van der Waals surface area contributed by atoms with Gasteiger partial charge in [-0.05, 0) is 91.4 Å². The van der Waals surface area contributed by atoms with Crippen molar-refractivity contribution in [1.82, 2.24) is 10.2 Å². The van der Waals surface area contributed by atoms with E-state index in [-0.39, 0.29) is 29.5 Å². The van der Waals surface area contributed by atoms with Gasteiger partial charge in [-0.1, -0.05) is 66.5 Å². The van der Waals surface area contributed by atoms with Gasteiger partial charge < -0.3 is 15.0 Å². The lowest BCUT2D eigenvalue weighted by atomic mass is 10.0. The van der Waals surface area contributed by atoms with Crippen molar-refractivity contribution in [2.75, 3.05) is 30.3 Å². The summed E-state index contributed by atoms with van der Waals surface area (Å²) in [6, 6.07) is 26.3. The fourth-order valence-electron chi connectivity index (χ4n) is 5.03. The number of thioether (sulfide) groups is 1. The highest BCUT2D eigenvalue weighted by atomic mass is 35.5. The first-order chi connectivity index (χ1) is 23.1. The summed E-state index contributed by atoms with van der Waals surface area (Å²) in [4.78, 5) is 30.7. The van der Waals surface area contributed by atoms with Gasteiger partial charge in [0.25, 0.3) is 10.0 Å². The number of nitrogens with zero attached hydrogens (tertiary/aromatic N) is 2. The average Bonchev–Trinajstić information content (AvgIpc) is 3.09. The second kappa shape index (κ2) is 17.6. The Morgan fingerprint density at radius 1 is 0.917 bits per heavy atom. The smallest absolute Gasteiger partial charge is 0.264 e. The predicted octanol–water partition coefficient (Wildman–Crippen LogP) is 7.48. The van der Waals surface area contributed by atoms with E-state index in [1.54, 1.807) is 54.6 Å². The molecule has 0 heterocycles. The highest BCUT2D eigenvalue weighted by Gasteiger charge is 2.35. The number of hydrogen-bond donors (Lipinski definition) is 1. The first kappa shape index (κ1) is 37.1. The van der Waals surface area contributed by atoms with Crippen LogP contribution in [0.1, 0.15) is 31.4 Å². The van der Waals surface area contributed by atoms with Gasteiger partial charge in [-0.2, -0.15) is 0 Å². The molecule has 0 bridgehead atoms. The van der Waals surface area contributed by atoms with Crippen LogP contribution in [0.15, 0.2) is 107 Å². The lowest BCUT2D eigenvalue weighted by molar-refractivity contribution is -0.140. The molecule has 4 rings (SSSR count).